The number of nitrogen functional groups attached to an aromatic ring is 1. The molecular weight excluding hydrogens is 288 g/mol. The average Bonchev–Trinajstić information content (AvgIpc) is 2.99. The first kappa shape index (κ1) is 15.2. The first-order valence-corrected chi connectivity index (χ1v) is 7.53. The number of carbonyl (C=O) groups is 1. The van der Waals surface area contributed by atoms with Gasteiger partial charge in [-0.3, -0.25) is 4.79 Å². The zero-order chi connectivity index (χ0) is 15.1. The predicted octanol–water partition coefficient (Wildman–Crippen LogP) is 2.51. The SMILES string of the molecule is COc1cc(N)ccc1NC(=O)CCCSc1ncc[nH]1. The predicted molar refractivity (Wildman–Crippen MR) is 84.6 cm³/mol. The van der Waals surface area contributed by atoms with Crippen LogP contribution in [0, 0.1) is 0 Å². The number of methoxy groups -OCH3 is 1. The lowest BCUT2D eigenvalue weighted by molar-refractivity contribution is -0.116. The Kier molecular flexibility index (Phi) is 5.51. The number of nitrogens with zero attached hydrogens (tertiary/aromatic N) is 1. The largest absolute Gasteiger partial charge is 0.494 e. The molecular formula is C14H18N4O2S. The molecule has 2 aromatic rings. The molecule has 0 spiro atoms. The van der Waals surface area contributed by atoms with Crippen molar-refractivity contribution in [2.75, 3.05) is 23.9 Å². The maximum atomic E-state index is 11.9. The summed E-state index contributed by atoms with van der Waals surface area (Å²) in [4.78, 5) is 19.0. The zero-order valence-electron chi connectivity index (χ0n) is 11.8. The zero-order valence-corrected chi connectivity index (χ0v) is 12.6. The number of carbonyl (C=O) groups excluding carboxylic acids is 1. The van der Waals surface area contributed by atoms with E-state index < -0.39 is 0 Å². The van der Waals surface area contributed by atoms with Crippen molar-refractivity contribution in [3.8, 4) is 5.75 Å². The molecule has 0 aliphatic carbocycles. The van der Waals surface area contributed by atoms with E-state index in [0.717, 1.165) is 17.3 Å². The fourth-order valence-corrected chi connectivity index (χ4v) is 2.52. The summed E-state index contributed by atoms with van der Waals surface area (Å²) >= 11 is 1.60. The maximum Gasteiger partial charge on any atom is 0.224 e. The molecule has 0 atom stereocenters. The Labute approximate surface area is 127 Å². The van der Waals surface area contributed by atoms with Crippen LogP contribution in [-0.2, 0) is 4.79 Å². The molecule has 21 heavy (non-hydrogen) atoms. The molecule has 0 saturated heterocycles. The molecule has 2 rings (SSSR count). The molecule has 1 aromatic carbocycles. The van der Waals surface area contributed by atoms with Crippen molar-refractivity contribution in [1.82, 2.24) is 9.97 Å². The van der Waals surface area contributed by atoms with Crippen molar-refractivity contribution < 1.29 is 9.53 Å². The van der Waals surface area contributed by atoms with Crippen molar-refractivity contribution in [1.29, 1.82) is 0 Å². The van der Waals surface area contributed by atoms with Gasteiger partial charge in [0.1, 0.15) is 5.75 Å². The molecule has 0 radical (unpaired) electrons. The lowest BCUT2D eigenvalue weighted by atomic mass is 10.2. The molecule has 1 aromatic heterocycles. The summed E-state index contributed by atoms with van der Waals surface area (Å²) < 4.78 is 5.19. The summed E-state index contributed by atoms with van der Waals surface area (Å²) in [5.41, 5.74) is 6.91. The first-order chi connectivity index (χ1) is 10.2. The number of hydrogen-bond acceptors (Lipinski definition) is 5. The summed E-state index contributed by atoms with van der Waals surface area (Å²) in [6, 6.07) is 5.15. The molecule has 1 heterocycles. The number of aromatic nitrogens is 2. The van der Waals surface area contributed by atoms with Gasteiger partial charge in [-0.25, -0.2) is 4.98 Å². The molecule has 0 unspecified atom stereocenters. The summed E-state index contributed by atoms with van der Waals surface area (Å²) in [7, 11) is 1.55. The number of amides is 1. The van der Waals surface area contributed by atoms with E-state index in [4.69, 9.17) is 10.5 Å². The van der Waals surface area contributed by atoms with Gasteiger partial charge in [-0.2, -0.15) is 0 Å². The summed E-state index contributed by atoms with van der Waals surface area (Å²) in [6.07, 6.45) is 4.71. The number of thioether (sulfide) groups is 1. The van der Waals surface area contributed by atoms with Crippen LogP contribution < -0.4 is 15.8 Å². The molecule has 0 fully saturated rings. The highest BCUT2D eigenvalue weighted by atomic mass is 32.2. The van der Waals surface area contributed by atoms with Gasteiger partial charge < -0.3 is 20.8 Å². The van der Waals surface area contributed by atoms with Crippen molar-refractivity contribution >= 4 is 29.0 Å². The van der Waals surface area contributed by atoms with E-state index >= 15 is 0 Å². The first-order valence-electron chi connectivity index (χ1n) is 6.54. The van der Waals surface area contributed by atoms with Gasteiger partial charge in [-0.05, 0) is 18.6 Å². The standard InChI is InChI=1S/C14H18N4O2S/c1-20-12-9-10(15)4-5-11(12)18-13(19)3-2-8-21-14-16-6-7-17-14/h4-7,9H,2-3,8,15H2,1H3,(H,16,17)(H,18,19). The molecule has 112 valence electrons. The molecule has 0 saturated carbocycles. The van der Waals surface area contributed by atoms with Crippen molar-refractivity contribution in [2.24, 2.45) is 0 Å². The van der Waals surface area contributed by atoms with Crippen LogP contribution >= 0.6 is 11.8 Å². The Balaban J connectivity index is 1.76. The highest BCUT2D eigenvalue weighted by Gasteiger charge is 2.08. The van der Waals surface area contributed by atoms with E-state index in [1.165, 1.54) is 0 Å². The van der Waals surface area contributed by atoms with Crippen molar-refractivity contribution in [3.05, 3.63) is 30.6 Å². The molecule has 6 nitrogen and oxygen atoms in total. The number of H-pyrrole nitrogens is 1. The van der Waals surface area contributed by atoms with E-state index in [1.807, 2.05) is 0 Å². The lowest BCUT2D eigenvalue weighted by Crippen LogP contribution is -2.12. The number of rotatable bonds is 7. The molecule has 1 amide bonds. The number of anilines is 2. The Morgan fingerprint density at radius 3 is 3.10 bits per heavy atom. The van der Waals surface area contributed by atoms with Crippen LogP contribution in [0.25, 0.3) is 0 Å². The van der Waals surface area contributed by atoms with Crippen molar-refractivity contribution in [2.45, 2.75) is 18.0 Å². The fraction of sp³-hybridized carbons (Fsp3) is 0.286. The minimum atomic E-state index is -0.0434. The van der Waals surface area contributed by atoms with Crippen LogP contribution in [0.4, 0.5) is 11.4 Å². The summed E-state index contributed by atoms with van der Waals surface area (Å²) in [5.74, 6) is 1.35. The average molecular weight is 306 g/mol. The van der Waals surface area contributed by atoms with Gasteiger partial charge in [0.15, 0.2) is 5.16 Å². The number of aromatic amines is 1. The number of ether oxygens (including phenoxy) is 1. The third-order valence-electron chi connectivity index (χ3n) is 2.76. The quantitative estimate of drug-likeness (QED) is 0.415. The molecule has 0 bridgehead atoms. The third kappa shape index (κ3) is 4.71. The van der Waals surface area contributed by atoms with Crippen LogP contribution in [0.15, 0.2) is 35.7 Å². The van der Waals surface area contributed by atoms with Gasteiger partial charge in [-0.1, -0.05) is 11.8 Å². The lowest BCUT2D eigenvalue weighted by Gasteiger charge is -2.10. The minimum absolute atomic E-state index is 0.0434. The van der Waals surface area contributed by atoms with E-state index in [1.54, 1.807) is 49.5 Å². The summed E-state index contributed by atoms with van der Waals surface area (Å²) in [6.45, 7) is 0. The number of nitrogens with one attached hydrogen (secondary N) is 2. The molecule has 7 heteroatoms. The minimum Gasteiger partial charge on any atom is -0.494 e. The van der Waals surface area contributed by atoms with E-state index in [9.17, 15) is 4.79 Å². The smallest absolute Gasteiger partial charge is 0.224 e. The highest BCUT2D eigenvalue weighted by Crippen LogP contribution is 2.26. The number of nitrogens with two attached hydrogens (primary N) is 1. The van der Waals surface area contributed by atoms with Crippen LogP contribution in [0.2, 0.25) is 0 Å². The van der Waals surface area contributed by atoms with Gasteiger partial charge in [0.25, 0.3) is 0 Å². The van der Waals surface area contributed by atoms with E-state index in [2.05, 4.69) is 15.3 Å². The van der Waals surface area contributed by atoms with Gasteiger partial charge in [-0.15, -0.1) is 0 Å². The van der Waals surface area contributed by atoms with Crippen LogP contribution in [0.5, 0.6) is 5.75 Å². The molecule has 4 N–H and O–H groups in total. The summed E-state index contributed by atoms with van der Waals surface area (Å²) in [5, 5.41) is 3.70. The van der Waals surface area contributed by atoms with Crippen LogP contribution in [0.3, 0.4) is 0 Å². The Morgan fingerprint density at radius 2 is 2.38 bits per heavy atom. The Hall–Kier alpha value is -2.15. The fourth-order valence-electron chi connectivity index (χ4n) is 1.76. The highest BCUT2D eigenvalue weighted by molar-refractivity contribution is 7.99. The Morgan fingerprint density at radius 1 is 1.52 bits per heavy atom. The van der Waals surface area contributed by atoms with Gasteiger partial charge in [0, 0.05) is 36.3 Å². The number of hydrogen-bond donors (Lipinski definition) is 3. The number of imidazole rings is 1. The van der Waals surface area contributed by atoms with Crippen molar-refractivity contribution in [3.63, 3.8) is 0 Å². The second kappa shape index (κ2) is 7.58. The topological polar surface area (TPSA) is 93.0 Å². The van der Waals surface area contributed by atoms with Gasteiger partial charge >= 0.3 is 0 Å². The van der Waals surface area contributed by atoms with Gasteiger partial charge in [0.05, 0.1) is 12.8 Å². The van der Waals surface area contributed by atoms with E-state index in [-0.39, 0.29) is 5.91 Å². The number of benzene rings is 1. The molecule has 0 aliphatic heterocycles. The normalized spacial score (nSPS) is 10.3. The van der Waals surface area contributed by atoms with Gasteiger partial charge in [0.2, 0.25) is 5.91 Å². The third-order valence-corrected chi connectivity index (χ3v) is 3.75. The maximum absolute atomic E-state index is 11.9. The second-order valence-corrected chi connectivity index (χ2v) is 5.44. The second-order valence-electron chi connectivity index (χ2n) is 4.35. The monoisotopic (exact) mass is 306 g/mol. The van der Waals surface area contributed by atoms with E-state index in [0.29, 0.717) is 23.5 Å². The van der Waals surface area contributed by atoms with Crippen LogP contribution in [0.1, 0.15) is 12.8 Å². The molecule has 0 aliphatic rings. The Bertz CT molecular complexity index is 587. The van der Waals surface area contributed by atoms with Crippen LogP contribution in [-0.4, -0.2) is 28.7 Å².